The summed E-state index contributed by atoms with van der Waals surface area (Å²) in [6.45, 7) is 6.06. The van der Waals surface area contributed by atoms with Gasteiger partial charge in [0.05, 0.1) is 18.4 Å². The second-order valence-corrected chi connectivity index (χ2v) is 8.08. The molecule has 4 aromatic rings. The van der Waals surface area contributed by atoms with Crippen LogP contribution in [0.3, 0.4) is 0 Å². The Morgan fingerprint density at radius 3 is 2.62 bits per heavy atom. The molecule has 3 heterocycles. The molecule has 1 aliphatic heterocycles. The van der Waals surface area contributed by atoms with Gasteiger partial charge in [-0.05, 0) is 38.1 Å². The van der Waals surface area contributed by atoms with Gasteiger partial charge in [0, 0.05) is 49.3 Å². The van der Waals surface area contributed by atoms with Crippen molar-refractivity contribution in [2.24, 2.45) is 0 Å². The second-order valence-electron chi connectivity index (χ2n) is 8.08. The van der Waals surface area contributed by atoms with E-state index in [1.807, 2.05) is 12.1 Å². The molecule has 32 heavy (non-hydrogen) atoms. The van der Waals surface area contributed by atoms with Gasteiger partial charge in [-0.1, -0.05) is 0 Å². The zero-order chi connectivity index (χ0) is 22.2. The molecule has 2 atom stereocenters. The van der Waals surface area contributed by atoms with Crippen molar-refractivity contribution in [2.75, 3.05) is 30.4 Å². The maximum Gasteiger partial charge on any atom is 0.394 e. The topological polar surface area (TPSA) is 105 Å². The van der Waals surface area contributed by atoms with Crippen molar-refractivity contribution in [1.29, 1.82) is 0 Å². The third kappa shape index (κ3) is 3.71. The molecule has 5 rings (SSSR count). The standard InChI is InChI=1S/C23H24N6O3/c1-13-11-29(12-14(2)26-13)18-7-5-16(20-21(18)25-9-8-24-20)22(30)27-15-4-6-17-19(10-15)32-23(28-17)31-3/h4-10,13-14,26H,11-12H2,1-3H3,(H,27,30). The molecule has 9 nitrogen and oxygen atoms in total. The van der Waals surface area contributed by atoms with Crippen LogP contribution in [0.5, 0.6) is 6.08 Å². The minimum absolute atomic E-state index is 0.178. The molecule has 2 unspecified atom stereocenters. The molecule has 2 N–H and O–H groups in total. The van der Waals surface area contributed by atoms with Crippen molar-refractivity contribution in [3.8, 4) is 6.08 Å². The fraction of sp³-hybridized carbons (Fsp3) is 0.304. The Labute approximate surface area is 184 Å². The van der Waals surface area contributed by atoms with E-state index in [0.29, 0.717) is 40.0 Å². The molecule has 2 aromatic carbocycles. The van der Waals surface area contributed by atoms with Gasteiger partial charge < -0.3 is 24.7 Å². The van der Waals surface area contributed by atoms with E-state index in [9.17, 15) is 4.79 Å². The summed E-state index contributed by atoms with van der Waals surface area (Å²) < 4.78 is 10.5. The summed E-state index contributed by atoms with van der Waals surface area (Å²) in [6.07, 6.45) is 3.45. The number of anilines is 2. The van der Waals surface area contributed by atoms with Crippen molar-refractivity contribution in [3.05, 3.63) is 48.3 Å². The highest BCUT2D eigenvalue weighted by molar-refractivity contribution is 6.13. The summed E-state index contributed by atoms with van der Waals surface area (Å²) in [7, 11) is 1.49. The van der Waals surface area contributed by atoms with Crippen LogP contribution in [-0.2, 0) is 0 Å². The minimum atomic E-state index is -0.269. The average molecular weight is 432 g/mol. The van der Waals surface area contributed by atoms with Crippen molar-refractivity contribution in [1.82, 2.24) is 20.3 Å². The molecule has 0 spiro atoms. The number of piperazine rings is 1. The zero-order valence-corrected chi connectivity index (χ0v) is 18.1. The van der Waals surface area contributed by atoms with Crippen molar-refractivity contribution in [2.45, 2.75) is 25.9 Å². The second kappa shape index (κ2) is 8.08. The van der Waals surface area contributed by atoms with E-state index in [0.717, 1.165) is 24.3 Å². The average Bonchev–Trinajstić information content (AvgIpc) is 3.20. The first kappa shape index (κ1) is 20.2. The summed E-state index contributed by atoms with van der Waals surface area (Å²) >= 11 is 0. The van der Waals surface area contributed by atoms with E-state index in [-0.39, 0.29) is 12.0 Å². The highest BCUT2D eigenvalue weighted by Gasteiger charge is 2.24. The number of aromatic nitrogens is 3. The van der Waals surface area contributed by atoms with Gasteiger partial charge in [-0.15, -0.1) is 0 Å². The van der Waals surface area contributed by atoms with Crippen LogP contribution in [-0.4, -0.2) is 53.1 Å². The van der Waals surface area contributed by atoms with Gasteiger partial charge in [0.25, 0.3) is 5.91 Å². The predicted octanol–water partition coefficient (Wildman–Crippen LogP) is 3.22. The number of methoxy groups -OCH3 is 1. The van der Waals surface area contributed by atoms with Crippen LogP contribution in [0.2, 0.25) is 0 Å². The third-order valence-electron chi connectivity index (χ3n) is 5.55. The first-order valence-electron chi connectivity index (χ1n) is 10.5. The van der Waals surface area contributed by atoms with E-state index in [1.54, 1.807) is 30.6 Å². The molecule has 1 saturated heterocycles. The number of carbonyl (C=O) groups is 1. The maximum atomic E-state index is 13.1. The van der Waals surface area contributed by atoms with Crippen LogP contribution in [0.25, 0.3) is 22.1 Å². The lowest BCUT2D eigenvalue weighted by Crippen LogP contribution is -2.54. The van der Waals surface area contributed by atoms with Crippen LogP contribution >= 0.6 is 0 Å². The predicted molar refractivity (Wildman–Crippen MR) is 122 cm³/mol. The number of fused-ring (bicyclic) bond motifs is 2. The number of benzene rings is 2. The van der Waals surface area contributed by atoms with Crippen LogP contribution in [0.1, 0.15) is 24.2 Å². The van der Waals surface area contributed by atoms with Gasteiger partial charge in [-0.3, -0.25) is 14.8 Å². The molecule has 0 saturated carbocycles. The number of nitrogens with one attached hydrogen (secondary N) is 2. The van der Waals surface area contributed by atoms with Gasteiger partial charge in [0.2, 0.25) is 0 Å². The Balaban J connectivity index is 1.47. The molecule has 9 heteroatoms. The lowest BCUT2D eigenvalue weighted by Gasteiger charge is -2.38. The van der Waals surface area contributed by atoms with E-state index in [4.69, 9.17) is 9.15 Å². The minimum Gasteiger partial charge on any atom is -0.453 e. The lowest BCUT2D eigenvalue weighted by molar-refractivity contribution is 0.102. The molecule has 0 radical (unpaired) electrons. The molecule has 164 valence electrons. The zero-order valence-electron chi connectivity index (χ0n) is 18.1. The maximum absolute atomic E-state index is 13.1. The first-order chi connectivity index (χ1) is 15.5. The number of amides is 1. The van der Waals surface area contributed by atoms with E-state index in [2.05, 4.69) is 44.3 Å². The highest BCUT2D eigenvalue weighted by atomic mass is 16.6. The van der Waals surface area contributed by atoms with Gasteiger partial charge in [-0.2, -0.15) is 4.98 Å². The molecule has 1 amide bonds. The lowest BCUT2D eigenvalue weighted by atomic mass is 10.1. The van der Waals surface area contributed by atoms with E-state index < -0.39 is 0 Å². The summed E-state index contributed by atoms with van der Waals surface area (Å²) in [6, 6.07) is 9.75. The van der Waals surface area contributed by atoms with E-state index in [1.165, 1.54) is 7.11 Å². The molecule has 0 bridgehead atoms. The summed E-state index contributed by atoms with van der Waals surface area (Å²) in [5.41, 5.74) is 4.51. The number of hydrogen-bond donors (Lipinski definition) is 2. The fourth-order valence-corrected chi connectivity index (χ4v) is 4.27. The molecule has 2 aromatic heterocycles. The van der Waals surface area contributed by atoms with Crippen LogP contribution in [0.15, 0.2) is 47.1 Å². The third-order valence-corrected chi connectivity index (χ3v) is 5.55. The fourth-order valence-electron chi connectivity index (χ4n) is 4.27. The molecular formula is C23H24N6O3. The molecule has 1 aliphatic rings. The van der Waals surface area contributed by atoms with Crippen LogP contribution < -0.4 is 20.3 Å². The monoisotopic (exact) mass is 432 g/mol. The normalized spacial score (nSPS) is 18.8. The van der Waals surface area contributed by atoms with Crippen molar-refractivity contribution >= 4 is 39.4 Å². The van der Waals surface area contributed by atoms with Gasteiger partial charge in [0.1, 0.15) is 16.6 Å². The number of nitrogens with zero attached hydrogens (tertiary/aromatic N) is 4. The summed E-state index contributed by atoms with van der Waals surface area (Å²) in [5.74, 6) is -0.269. The number of oxazole rings is 1. The quantitative estimate of drug-likeness (QED) is 0.506. The Bertz CT molecular complexity index is 1290. The van der Waals surface area contributed by atoms with Gasteiger partial charge >= 0.3 is 6.08 Å². The van der Waals surface area contributed by atoms with E-state index >= 15 is 0 Å². The number of carbonyl (C=O) groups excluding carboxylic acids is 1. The Morgan fingerprint density at radius 1 is 1.12 bits per heavy atom. The summed E-state index contributed by atoms with van der Waals surface area (Å²) in [5, 5.41) is 6.46. The SMILES string of the molecule is COc1nc2ccc(NC(=O)c3ccc(N4CC(C)NC(C)C4)c4nccnc34)cc2o1. The number of rotatable bonds is 4. The molecule has 1 fully saturated rings. The van der Waals surface area contributed by atoms with Crippen molar-refractivity contribution in [3.63, 3.8) is 0 Å². The first-order valence-corrected chi connectivity index (χ1v) is 10.5. The van der Waals surface area contributed by atoms with Crippen LogP contribution in [0, 0.1) is 0 Å². The van der Waals surface area contributed by atoms with Gasteiger partial charge in [-0.25, -0.2) is 0 Å². The number of hydrogen-bond acceptors (Lipinski definition) is 8. The van der Waals surface area contributed by atoms with Crippen LogP contribution in [0.4, 0.5) is 11.4 Å². The van der Waals surface area contributed by atoms with Crippen molar-refractivity contribution < 1.29 is 13.9 Å². The van der Waals surface area contributed by atoms with Gasteiger partial charge in [0.15, 0.2) is 5.58 Å². The summed E-state index contributed by atoms with van der Waals surface area (Å²) in [4.78, 5) is 28.7. The smallest absolute Gasteiger partial charge is 0.394 e. The largest absolute Gasteiger partial charge is 0.453 e. The number of ether oxygens (including phenoxy) is 1. The Kier molecular flexibility index (Phi) is 5.10. The molecule has 0 aliphatic carbocycles. The Morgan fingerprint density at radius 2 is 1.88 bits per heavy atom. The Hall–Kier alpha value is -3.72. The molecular weight excluding hydrogens is 408 g/mol. The highest BCUT2D eigenvalue weighted by Crippen LogP contribution is 2.29.